The summed E-state index contributed by atoms with van der Waals surface area (Å²) in [7, 11) is 0. The fourth-order valence-electron chi connectivity index (χ4n) is 2.40. The lowest BCUT2D eigenvalue weighted by Crippen LogP contribution is -2.31. The number of hydrogen-bond acceptors (Lipinski definition) is 3. The van der Waals surface area contributed by atoms with Crippen LogP contribution >= 0.6 is 0 Å². The zero-order chi connectivity index (χ0) is 12.8. The highest BCUT2D eigenvalue weighted by Gasteiger charge is 2.23. The average molecular weight is 248 g/mol. The normalized spacial score (nSPS) is 19.9. The van der Waals surface area contributed by atoms with Crippen molar-refractivity contribution >= 4 is 11.6 Å². The summed E-state index contributed by atoms with van der Waals surface area (Å²) < 4.78 is 0. The van der Waals surface area contributed by atoms with Gasteiger partial charge in [0.2, 0.25) is 5.91 Å². The first kappa shape index (κ1) is 13.1. The van der Waals surface area contributed by atoms with Crippen LogP contribution in [0.1, 0.15) is 12.8 Å². The Bertz CT molecular complexity index is 381. The molecule has 2 rings (SSSR count). The number of nitrogens with zero attached hydrogens (tertiary/aromatic N) is 1. The molecule has 4 heteroatoms. The molecular weight excluding hydrogens is 228 g/mol. The lowest BCUT2D eigenvalue weighted by atomic mass is 10.1. The summed E-state index contributed by atoms with van der Waals surface area (Å²) >= 11 is 0. The van der Waals surface area contributed by atoms with Crippen LogP contribution in [0.15, 0.2) is 30.3 Å². The first-order valence-electron chi connectivity index (χ1n) is 6.46. The van der Waals surface area contributed by atoms with Gasteiger partial charge in [-0.25, -0.2) is 0 Å². The highest BCUT2D eigenvalue weighted by Crippen LogP contribution is 2.18. The van der Waals surface area contributed by atoms with E-state index in [9.17, 15) is 4.79 Å². The molecule has 0 aromatic heterocycles. The molecule has 1 heterocycles. The number of carbonyl (C=O) groups excluding carboxylic acids is 1. The highest BCUT2D eigenvalue weighted by atomic mass is 16.3. The molecule has 4 nitrogen and oxygen atoms in total. The van der Waals surface area contributed by atoms with E-state index in [0.717, 1.165) is 31.6 Å². The van der Waals surface area contributed by atoms with Gasteiger partial charge in [-0.3, -0.25) is 9.69 Å². The molecule has 1 aromatic rings. The van der Waals surface area contributed by atoms with Crippen LogP contribution in [0, 0.1) is 5.92 Å². The first-order valence-corrected chi connectivity index (χ1v) is 6.46. The summed E-state index contributed by atoms with van der Waals surface area (Å²) in [4.78, 5) is 14.0. The zero-order valence-electron chi connectivity index (χ0n) is 10.5. The van der Waals surface area contributed by atoms with Gasteiger partial charge in [-0.2, -0.15) is 0 Å². The van der Waals surface area contributed by atoms with E-state index in [0.29, 0.717) is 12.5 Å². The van der Waals surface area contributed by atoms with Gasteiger partial charge in [-0.1, -0.05) is 18.2 Å². The maximum absolute atomic E-state index is 11.8. The number of anilines is 1. The van der Waals surface area contributed by atoms with Crippen molar-refractivity contribution in [2.45, 2.75) is 12.8 Å². The minimum Gasteiger partial charge on any atom is -0.396 e. The summed E-state index contributed by atoms with van der Waals surface area (Å²) in [5.74, 6) is 0.574. The number of amides is 1. The molecule has 0 aliphatic carbocycles. The number of para-hydroxylation sites is 1. The number of nitrogens with one attached hydrogen (secondary N) is 1. The predicted molar refractivity (Wildman–Crippen MR) is 71.3 cm³/mol. The molecule has 98 valence electrons. The molecule has 0 saturated carbocycles. The molecule has 0 spiro atoms. The third-order valence-electron chi connectivity index (χ3n) is 3.33. The van der Waals surface area contributed by atoms with Crippen LogP contribution in [-0.2, 0) is 4.79 Å². The third kappa shape index (κ3) is 3.82. The lowest BCUT2D eigenvalue weighted by molar-refractivity contribution is -0.117. The SMILES string of the molecule is O=C(CN1CCC(CCO)C1)Nc1ccccc1. The number of benzene rings is 1. The Morgan fingerprint density at radius 1 is 1.39 bits per heavy atom. The van der Waals surface area contributed by atoms with Gasteiger partial charge in [0, 0.05) is 18.8 Å². The van der Waals surface area contributed by atoms with Gasteiger partial charge in [0.25, 0.3) is 0 Å². The van der Waals surface area contributed by atoms with Crippen LogP contribution in [0.3, 0.4) is 0 Å². The second-order valence-electron chi connectivity index (χ2n) is 4.82. The number of carbonyl (C=O) groups is 1. The fraction of sp³-hybridized carbons (Fsp3) is 0.500. The van der Waals surface area contributed by atoms with Gasteiger partial charge >= 0.3 is 0 Å². The van der Waals surface area contributed by atoms with Gasteiger partial charge in [-0.15, -0.1) is 0 Å². The van der Waals surface area contributed by atoms with Gasteiger partial charge in [0.05, 0.1) is 6.54 Å². The lowest BCUT2D eigenvalue weighted by Gasteiger charge is -2.15. The minimum atomic E-state index is 0.0332. The first-order chi connectivity index (χ1) is 8.78. The molecular formula is C14H20N2O2. The topological polar surface area (TPSA) is 52.6 Å². The van der Waals surface area contributed by atoms with E-state index in [1.807, 2.05) is 30.3 Å². The van der Waals surface area contributed by atoms with Crippen LogP contribution < -0.4 is 5.32 Å². The van der Waals surface area contributed by atoms with Gasteiger partial charge < -0.3 is 10.4 Å². The Kier molecular flexibility index (Phi) is 4.73. The van der Waals surface area contributed by atoms with Crippen molar-refractivity contribution < 1.29 is 9.90 Å². The summed E-state index contributed by atoms with van der Waals surface area (Å²) in [5, 5.41) is 11.8. The maximum atomic E-state index is 11.8. The average Bonchev–Trinajstić information content (AvgIpc) is 2.78. The number of aliphatic hydroxyl groups excluding tert-OH is 1. The van der Waals surface area contributed by atoms with Crippen molar-refractivity contribution in [1.29, 1.82) is 0 Å². The molecule has 0 bridgehead atoms. The van der Waals surface area contributed by atoms with Crippen molar-refractivity contribution in [3.63, 3.8) is 0 Å². The molecule has 1 unspecified atom stereocenters. The summed E-state index contributed by atoms with van der Waals surface area (Å²) in [6.45, 7) is 2.56. The Balaban J connectivity index is 1.75. The van der Waals surface area contributed by atoms with Crippen LogP contribution in [0.4, 0.5) is 5.69 Å². The third-order valence-corrected chi connectivity index (χ3v) is 3.33. The summed E-state index contributed by atoms with van der Waals surface area (Å²) in [6.07, 6.45) is 1.93. The molecule has 1 amide bonds. The molecule has 18 heavy (non-hydrogen) atoms. The maximum Gasteiger partial charge on any atom is 0.238 e. The number of rotatable bonds is 5. The highest BCUT2D eigenvalue weighted by molar-refractivity contribution is 5.92. The Morgan fingerprint density at radius 2 is 2.17 bits per heavy atom. The second kappa shape index (κ2) is 6.52. The molecule has 1 saturated heterocycles. The van der Waals surface area contributed by atoms with Crippen molar-refractivity contribution in [3.8, 4) is 0 Å². The number of likely N-dealkylation sites (tertiary alicyclic amines) is 1. The fourth-order valence-corrected chi connectivity index (χ4v) is 2.40. The van der Waals surface area contributed by atoms with Crippen molar-refractivity contribution in [1.82, 2.24) is 4.90 Å². The largest absolute Gasteiger partial charge is 0.396 e. The van der Waals surface area contributed by atoms with E-state index in [1.165, 1.54) is 0 Å². The summed E-state index contributed by atoms with van der Waals surface area (Å²) in [6, 6.07) is 9.51. The van der Waals surface area contributed by atoms with Crippen molar-refractivity contribution in [2.24, 2.45) is 5.92 Å². The summed E-state index contributed by atoms with van der Waals surface area (Å²) in [5.41, 5.74) is 0.841. The van der Waals surface area contributed by atoms with E-state index >= 15 is 0 Å². The van der Waals surface area contributed by atoms with Crippen molar-refractivity contribution in [2.75, 3.05) is 31.6 Å². The molecule has 1 aliphatic heterocycles. The van der Waals surface area contributed by atoms with Crippen molar-refractivity contribution in [3.05, 3.63) is 30.3 Å². The molecule has 0 radical (unpaired) electrons. The number of aliphatic hydroxyl groups is 1. The van der Waals surface area contributed by atoms with E-state index < -0.39 is 0 Å². The standard InChI is InChI=1S/C14H20N2O2/c17-9-7-12-6-8-16(10-12)11-14(18)15-13-4-2-1-3-5-13/h1-5,12,17H,6-11H2,(H,15,18). The monoisotopic (exact) mass is 248 g/mol. The van der Waals surface area contributed by atoms with Gasteiger partial charge in [0.1, 0.15) is 0 Å². The Morgan fingerprint density at radius 3 is 2.89 bits per heavy atom. The molecule has 2 N–H and O–H groups in total. The van der Waals surface area contributed by atoms with E-state index in [-0.39, 0.29) is 12.5 Å². The Labute approximate surface area is 108 Å². The van der Waals surface area contributed by atoms with Gasteiger partial charge in [-0.05, 0) is 37.4 Å². The second-order valence-corrected chi connectivity index (χ2v) is 4.82. The van der Waals surface area contributed by atoms with Crippen LogP contribution in [0.2, 0.25) is 0 Å². The smallest absolute Gasteiger partial charge is 0.238 e. The quantitative estimate of drug-likeness (QED) is 0.826. The van der Waals surface area contributed by atoms with E-state index in [4.69, 9.17) is 5.11 Å². The van der Waals surface area contributed by atoms with Gasteiger partial charge in [0.15, 0.2) is 0 Å². The molecule has 1 fully saturated rings. The van der Waals surface area contributed by atoms with E-state index in [1.54, 1.807) is 0 Å². The van der Waals surface area contributed by atoms with Crippen LogP contribution in [-0.4, -0.2) is 42.2 Å². The predicted octanol–water partition coefficient (Wildman–Crippen LogP) is 1.33. The molecule has 1 aromatic carbocycles. The minimum absolute atomic E-state index is 0.0332. The molecule has 1 aliphatic rings. The number of hydrogen-bond donors (Lipinski definition) is 2. The van der Waals surface area contributed by atoms with E-state index in [2.05, 4.69) is 10.2 Å². The zero-order valence-corrected chi connectivity index (χ0v) is 10.5. The molecule has 1 atom stereocenters. The van der Waals surface area contributed by atoms with Crippen LogP contribution in [0.25, 0.3) is 0 Å². The Hall–Kier alpha value is -1.39. The van der Waals surface area contributed by atoms with Crippen LogP contribution in [0.5, 0.6) is 0 Å².